The van der Waals surface area contributed by atoms with Crippen LogP contribution in [0.2, 0.25) is 0 Å². The van der Waals surface area contributed by atoms with E-state index >= 15 is 0 Å². The van der Waals surface area contributed by atoms with Crippen molar-refractivity contribution < 1.29 is 49.0 Å². The summed E-state index contributed by atoms with van der Waals surface area (Å²) in [6, 6.07) is 34.6. The molecule has 0 aliphatic heterocycles. The molecule has 5 aromatic rings. The van der Waals surface area contributed by atoms with E-state index in [4.69, 9.17) is 0 Å². The van der Waals surface area contributed by atoms with E-state index in [0.717, 1.165) is 6.42 Å². The van der Waals surface area contributed by atoms with E-state index in [-0.39, 0.29) is 57.3 Å². The van der Waals surface area contributed by atoms with Crippen molar-refractivity contribution in [2.75, 3.05) is 0 Å². The second-order valence-corrected chi connectivity index (χ2v) is 24.4. The molecule has 0 bridgehead atoms. The van der Waals surface area contributed by atoms with Crippen LogP contribution >= 0.6 is 0 Å². The van der Waals surface area contributed by atoms with Crippen molar-refractivity contribution in [1.29, 1.82) is 0 Å². The van der Waals surface area contributed by atoms with Gasteiger partial charge in [-0.3, -0.25) is 6.08 Å². The third kappa shape index (κ3) is 10.9. The summed E-state index contributed by atoms with van der Waals surface area (Å²) in [6.07, 6.45) is 7.41. The molecule has 3 aliphatic rings. The molecular formula is C59H72Cl2Zr-2. The second kappa shape index (κ2) is 18.1. The van der Waals surface area contributed by atoms with Gasteiger partial charge in [-0.05, 0) is 62.3 Å². The van der Waals surface area contributed by atoms with Crippen LogP contribution in [0.5, 0.6) is 0 Å². The molecular weight excluding hydrogens is 871 g/mol. The van der Waals surface area contributed by atoms with E-state index in [9.17, 15) is 0 Å². The van der Waals surface area contributed by atoms with Crippen molar-refractivity contribution in [3.63, 3.8) is 0 Å². The number of hydrogen-bond acceptors (Lipinski definition) is 0. The maximum atomic E-state index is 3.85. The molecule has 62 heavy (non-hydrogen) atoms. The van der Waals surface area contributed by atoms with Gasteiger partial charge in [-0.25, -0.2) is 17.2 Å². The third-order valence-electron chi connectivity index (χ3n) is 12.7. The van der Waals surface area contributed by atoms with Gasteiger partial charge in [0.15, 0.2) is 0 Å². The Morgan fingerprint density at radius 2 is 1.02 bits per heavy atom. The van der Waals surface area contributed by atoms with Crippen LogP contribution in [0.4, 0.5) is 0 Å². The first-order chi connectivity index (χ1) is 27.5. The second-order valence-electron chi connectivity index (χ2n) is 23.2. The van der Waals surface area contributed by atoms with Crippen molar-refractivity contribution in [3.05, 3.63) is 170 Å². The molecule has 0 saturated carbocycles. The van der Waals surface area contributed by atoms with Crippen molar-refractivity contribution >= 4 is 14.4 Å². The van der Waals surface area contributed by atoms with E-state index < -0.39 is 0 Å². The van der Waals surface area contributed by atoms with E-state index in [0.29, 0.717) is 0 Å². The Bertz CT molecular complexity index is 2310. The fourth-order valence-electron chi connectivity index (χ4n) is 9.10. The maximum Gasteiger partial charge on any atom is -0.0635 e. The van der Waals surface area contributed by atoms with Gasteiger partial charge < -0.3 is 24.8 Å². The van der Waals surface area contributed by atoms with E-state index in [1.165, 1.54) is 116 Å². The van der Waals surface area contributed by atoms with E-state index in [1.54, 1.807) is 0 Å². The molecule has 0 radical (unpaired) electrons. The summed E-state index contributed by atoms with van der Waals surface area (Å²) in [6.45, 7) is 41.1. The summed E-state index contributed by atoms with van der Waals surface area (Å²) in [4.78, 5) is 0. The normalized spacial score (nSPS) is 15.5. The predicted molar refractivity (Wildman–Crippen MR) is 259 cm³/mol. The van der Waals surface area contributed by atoms with Gasteiger partial charge in [0.1, 0.15) is 0 Å². The number of benzene rings is 4. The molecule has 0 nitrogen and oxygen atoms in total. The van der Waals surface area contributed by atoms with Gasteiger partial charge in [-0.2, -0.15) is 23.3 Å². The molecule has 0 fully saturated rings. The Morgan fingerprint density at radius 1 is 0.565 bits per heavy atom. The van der Waals surface area contributed by atoms with E-state index in [2.05, 4.69) is 228 Å². The Kier molecular flexibility index (Phi) is 15.1. The van der Waals surface area contributed by atoms with Gasteiger partial charge in [0.2, 0.25) is 0 Å². The molecule has 5 aromatic carbocycles. The third-order valence-corrected chi connectivity index (χ3v) is 14.1. The molecule has 0 amide bonds. The number of rotatable bonds is 2. The molecule has 0 unspecified atom stereocenters. The van der Waals surface area contributed by atoms with Gasteiger partial charge in [0.25, 0.3) is 0 Å². The first-order valence-corrected chi connectivity index (χ1v) is 23.5. The number of fused-ring (bicyclic) bond motifs is 5. The van der Waals surface area contributed by atoms with Crippen molar-refractivity contribution in [1.82, 2.24) is 0 Å². The Morgan fingerprint density at radius 3 is 1.39 bits per heavy atom. The maximum absolute atomic E-state index is 3.85. The van der Waals surface area contributed by atoms with Crippen LogP contribution in [0, 0.1) is 30.8 Å². The average Bonchev–Trinajstić information content (AvgIpc) is 3.85. The topological polar surface area (TPSA) is 0 Å². The first kappa shape index (κ1) is 51.7. The average molecular weight is 943 g/mol. The summed E-state index contributed by atoms with van der Waals surface area (Å²) in [5.74, 6) is 0. The summed E-state index contributed by atoms with van der Waals surface area (Å²) < 4.78 is 1.42. The quantitative estimate of drug-likeness (QED) is 0.152. The van der Waals surface area contributed by atoms with Crippen molar-refractivity contribution in [3.8, 4) is 11.1 Å². The summed E-state index contributed by atoms with van der Waals surface area (Å²) in [7, 11) is 0. The van der Waals surface area contributed by atoms with Gasteiger partial charge in [0, 0.05) is 5.41 Å². The SMILES string of the molecule is CC(C)(C)C1=[C-]C(C)(C)c2cc3c(cc21)-c1cc2c(cc1C3)C(C)(C)C=C2C(C)(C)C.CC(C)(C)c1ccc([C](=[Zr+2])c2ccc(C(C)(C)C)cc2)cc1.Cc1c[cH-]c(C)c1.[Cl-].[Cl-]. The van der Waals surface area contributed by atoms with E-state index in [1.807, 2.05) is 0 Å². The molecule has 3 heteroatoms. The zero-order valence-electron chi connectivity index (χ0n) is 41.2. The summed E-state index contributed by atoms with van der Waals surface area (Å²) in [5.41, 5.74) is 23.5. The molecule has 0 N–H and O–H groups in total. The van der Waals surface area contributed by atoms with Crippen molar-refractivity contribution in [2.24, 2.45) is 10.8 Å². The van der Waals surface area contributed by atoms with Crippen LogP contribution in [-0.2, 0) is 52.3 Å². The Labute approximate surface area is 405 Å². The Balaban J connectivity index is 0.000000238. The van der Waals surface area contributed by atoms with Gasteiger partial charge in [-0.1, -0.05) is 107 Å². The molecule has 328 valence electrons. The number of halogens is 2. The van der Waals surface area contributed by atoms with Gasteiger partial charge in [0.05, 0.1) is 0 Å². The minimum Gasteiger partial charge on any atom is -1.00 e. The Hall–Kier alpha value is -2.96. The van der Waals surface area contributed by atoms with Crippen LogP contribution in [0.15, 0.2) is 97.1 Å². The van der Waals surface area contributed by atoms with Gasteiger partial charge in [-0.15, -0.1) is 11.6 Å². The monoisotopic (exact) mass is 940 g/mol. The molecule has 8 rings (SSSR count). The van der Waals surface area contributed by atoms with Crippen LogP contribution in [-0.4, -0.2) is 3.21 Å². The number of hydrogen-bond donors (Lipinski definition) is 0. The fraction of sp³-hybridized carbons (Fsp3) is 0.424. The molecule has 0 saturated heterocycles. The number of allylic oxidation sites excluding steroid dienone is 4. The van der Waals surface area contributed by atoms with Crippen LogP contribution < -0.4 is 24.8 Å². The molecule has 0 atom stereocenters. The smallest absolute Gasteiger partial charge is 0.0635 e. The van der Waals surface area contributed by atoms with Crippen LogP contribution in [0.3, 0.4) is 0 Å². The number of aryl methyl sites for hydroxylation is 2. The first-order valence-electron chi connectivity index (χ1n) is 22.2. The molecule has 0 heterocycles. The standard InChI is InChI=1S/C31H37.C21H26.C7H9.2ClH.Zr/c1-28(2,3)26-16-30(7,8)24-12-18-11-19-13-25-23(15-21(19)20(18)14-22(24)26)27(29(4,5)6)17-31(25,9)10;1-20(2,3)18-11-7-16(8-12-18)15-17-9-13-19(14-10-17)21(4,5)6;1-6-3-4-7(2)5-6;;;/h12-16H,11H2,1-10H3;7-14H,1-6H3;3-5H,1-2H3;2*1H;/q-1;;-1;;;+2/p-2. The summed E-state index contributed by atoms with van der Waals surface area (Å²) >= 11 is 1.46. The molecule has 3 aliphatic carbocycles. The molecule has 0 spiro atoms. The van der Waals surface area contributed by atoms with Crippen molar-refractivity contribution in [2.45, 2.75) is 153 Å². The predicted octanol–water partition coefficient (Wildman–Crippen LogP) is 9.93. The fourth-order valence-corrected chi connectivity index (χ4v) is 9.92. The molecule has 0 aromatic heterocycles. The van der Waals surface area contributed by atoms with Crippen LogP contribution in [0.25, 0.3) is 22.3 Å². The zero-order chi connectivity index (χ0) is 44.5. The minimum absolute atomic E-state index is 0. The minimum atomic E-state index is -0.0202. The zero-order valence-corrected chi connectivity index (χ0v) is 45.2. The largest absolute Gasteiger partial charge is 1.00 e. The van der Waals surface area contributed by atoms with Crippen LogP contribution in [0.1, 0.15) is 178 Å². The summed E-state index contributed by atoms with van der Waals surface area (Å²) in [5, 5.41) is 0. The van der Waals surface area contributed by atoms with Gasteiger partial charge >= 0.3 is 151 Å².